The summed E-state index contributed by atoms with van der Waals surface area (Å²) in [5.74, 6) is 0.956. The first-order valence-corrected chi connectivity index (χ1v) is 6.03. The Hall–Kier alpha value is -0.890. The van der Waals surface area contributed by atoms with E-state index in [9.17, 15) is 13.2 Å². The quantitative estimate of drug-likeness (QED) is 0.883. The Morgan fingerprint density at radius 3 is 2.65 bits per heavy atom. The van der Waals surface area contributed by atoms with Crippen LogP contribution in [0, 0.1) is 0 Å². The Balaban J connectivity index is 2.07. The lowest BCUT2D eigenvalue weighted by Crippen LogP contribution is -2.36. The lowest BCUT2D eigenvalue weighted by atomic mass is 10.4. The van der Waals surface area contributed by atoms with Crippen molar-refractivity contribution in [2.45, 2.75) is 24.9 Å². The van der Waals surface area contributed by atoms with Crippen LogP contribution in [0.15, 0.2) is 0 Å². The Labute approximate surface area is 100 Å². The van der Waals surface area contributed by atoms with E-state index in [2.05, 4.69) is 9.36 Å². The van der Waals surface area contributed by atoms with Gasteiger partial charge in [0.05, 0.1) is 6.61 Å². The van der Waals surface area contributed by atoms with Crippen LogP contribution < -0.4 is 4.90 Å². The zero-order chi connectivity index (χ0) is 12.5. The zero-order valence-electron chi connectivity index (χ0n) is 8.94. The van der Waals surface area contributed by atoms with E-state index in [4.69, 9.17) is 5.11 Å². The summed E-state index contributed by atoms with van der Waals surface area (Å²) in [4.78, 5) is 5.12. The van der Waals surface area contributed by atoms with Gasteiger partial charge in [-0.2, -0.15) is 17.5 Å². The molecule has 0 spiro atoms. The maximum absolute atomic E-state index is 12.3. The number of halogens is 3. The van der Waals surface area contributed by atoms with Gasteiger partial charge in [0, 0.05) is 24.0 Å². The Kier molecular flexibility index (Phi) is 3.53. The summed E-state index contributed by atoms with van der Waals surface area (Å²) < 4.78 is 41.0. The highest BCUT2D eigenvalue weighted by atomic mass is 32.1. The van der Waals surface area contributed by atoms with Gasteiger partial charge in [0.2, 0.25) is 5.13 Å². The van der Waals surface area contributed by atoms with Gasteiger partial charge in [-0.15, -0.1) is 0 Å². The van der Waals surface area contributed by atoms with E-state index >= 15 is 0 Å². The minimum atomic E-state index is -4.30. The highest BCUT2D eigenvalue weighted by Gasteiger charge is 2.33. The molecule has 1 aromatic rings. The maximum Gasteiger partial charge on any atom is 0.406 e. The van der Waals surface area contributed by atoms with E-state index in [0.29, 0.717) is 11.7 Å². The van der Waals surface area contributed by atoms with E-state index in [1.807, 2.05) is 0 Å². The average Bonchev–Trinajstić information content (AvgIpc) is 2.94. The first-order valence-electron chi connectivity index (χ1n) is 5.26. The molecule has 17 heavy (non-hydrogen) atoms. The van der Waals surface area contributed by atoms with Crippen LogP contribution in [-0.2, 0) is 0 Å². The molecule has 2 rings (SSSR count). The van der Waals surface area contributed by atoms with Crippen LogP contribution in [0.3, 0.4) is 0 Å². The van der Waals surface area contributed by atoms with E-state index in [-0.39, 0.29) is 18.3 Å². The Bertz CT molecular complexity index is 378. The molecule has 4 nitrogen and oxygen atoms in total. The van der Waals surface area contributed by atoms with Crippen molar-refractivity contribution in [3.05, 3.63) is 5.82 Å². The van der Waals surface area contributed by atoms with Crippen molar-refractivity contribution in [3.8, 4) is 0 Å². The molecule has 0 aromatic carbocycles. The largest absolute Gasteiger partial charge is 0.406 e. The number of nitrogens with zero attached hydrogens (tertiary/aromatic N) is 3. The lowest BCUT2D eigenvalue weighted by Gasteiger charge is -2.21. The third kappa shape index (κ3) is 3.53. The van der Waals surface area contributed by atoms with Gasteiger partial charge in [0.15, 0.2) is 0 Å². The van der Waals surface area contributed by atoms with Gasteiger partial charge in [0.25, 0.3) is 0 Å². The normalized spacial score (nSPS) is 16.2. The zero-order valence-corrected chi connectivity index (χ0v) is 9.76. The first kappa shape index (κ1) is 12.6. The second-order valence-electron chi connectivity index (χ2n) is 3.97. The number of hydrogen-bond donors (Lipinski definition) is 1. The van der Waals surface area contributed by atoms with Crippen LogP contribution >= 0.6 is 11.5 Å². The molecule has 1 N–H and O–H groups in total. The fraction of sp³-hybridized carbons (Fsp3) is 0.778. The smallest absolute Gasteiger partial charge is 0.395 e. The number of aliphatic hydroxyl groups excluding tert-OH is 1. The molecule has 0 aliphatic heterocycles. The fourth-order valence-corrected chi connectivity index (χ4v) is 2.21. The minimum Gasteiger partial charge on any atom is -0.395 e. The number of aromatic nitrogens is 2. The molecule has 8 heteroatoms. The summed E-state index contributed by atoms with van der Waals surface area (Å²) in [5.41, 5.74) is 0. The highest BCUT2D eigenvalue weighted by molar-refractivity contribution is 7.09. The van der Waals surface area contributed by atoms with Crippen LogP contribution in [0.4, 0.5) is 18.3 Å². The monoisotopic (exact) mass is 267 g/mol. The summed E-state index contributed by atoms with van der Waals surface area (Å²) >= 11 is 0.960. The molecule has 0 amide bonds. The molecule has 0 atom stereocenters. The summed E-state index contributed by atoms with van der Waals surface area (Å²) in [7, 11) is 0. The van der Waals surface area contributed by atoms with Crippen molar-refractivity contribution in [2.75, 3.05) is 24.6 Å². The number of rotatable bonds is 5. The molecule has 1 heterocycles. The van der Waals surface area contributed by atoms with Crippen LogP contribution in [0.25, 0.3) is 0 Å². The van der Waals surface area contributed by atoms with Gasteiger partial charge in [-0.05, 0) is 12.8 Å². The van der Waals surface area contributed by atoms with Crippen molar-refractivity contribution in [3.63, 3.8) is 0 Å². The Morgan fingerprint density at radius 1 is 1.41 bits per heavy atom. The van der Waals surface area contributed by atoms with Gasteiger partial charge in [-0.1, -0.05) is 0 Å². The molecule has 1 fully saturated rings. The molecule has 96 valence electrons. The van der Waals surface area contributed by atoms with Gasteiger partial charge in [0.1, 0.15) is 12.4 Å². The average molecular weight is 267 g/mol. The maximum atomic E-state index is 12.3. The third-order valence-electron chi connectivity index (χ3n) is 2.38. The number of alkyl halides is 3. The minimum absolute atomic E-state index is 0.0845. The van der Waals surface area contributed by atoms with Crippen LogP contribution in [0.5, 0.6) is 0 Å². The molecule has 0 radical (unpaired) electrons. The Morgan fingerprint density at radius 2 is 2.12 bits per heavy atom. The second-order valence-corrected chi connectivity index (χ2v) is 4.70. The molecule has 1 aromatic heterocycles. The molecule has 0 bridgehead atoms. The van der Waals surface area contributed by atoms with Crippen molar-refractivity contribution in [1.29, 1.82) is 0 Å². The number of aliphatic hydroxyl groups is 1. The van der Waals surface area contributed by atoms with E-state index in [1.165, 1.54) is 0 Å². The summed E-state index contributed by atoms with van der Waals surface area (Å²) in [6.07, 6.45) is -2.29. The molecule has 1 aliphatic carbocycles. The van der Waals surface area contributed by atoms with Crippen LogP contribution in [-0.4, -0.2) is 40.3 Å². The van der Waals surface area contributed by atoms with E-state index < -0.39 is 12.7 Å². The van der Waals surface area contributed by atoms with Crippen LogP contribution in [0.1, 0.15) is 24.6 Å². The van der Waals surface area contributed by atoms with Crippen molar-refractivity contribution in [1.82, 2.24) is 9.36 Å². The molecule has 0 unspecified atom stereocenters. The highest BCUT2D eigenvalue weighted by Crippen LogP contribution is 2.39. The van der Waals surface area contributed by atoms with Crippen molar-refractivity contribution >= 4 is 16.7 Å². The predicted molar refractivity (Wildman–Crippen MR) is 57.2 cm³/mol. The fourth-order valence-electron chi connectivity index (χ4n) is 1.44. The lowest BCUT2D eigenvalue weighted by molar-refractivity contribution is -0.119. The third-order valence-corrected chi connectivity index (χ3v) is 3.18. The predicted octanol–water partition coefficient (Wildman–Crippen LogP) is 1.78. The number of hydrogen-bond acceptors (Lipinski definition) is 5. The summed E-state index contributed by atoms with van der Waals surface area (Å²) in [5, 5.41) is 9.01. The number of anilines is 1. The van der Waals surface area contributed by atoms with Gasteiger partial charge in [-0.3, -0.25) is 0 Å². The van der Waals surface area contributed by atoms with Gasteiger partial charge in [-0.25, -0.2) is 4.98 Å². The topological polar surface area (TPSA) is 49.2 Å². The van der Waals surface area contributed by atoms with Crippen molar-refractivity contribution < 1.29 is 18.3 Å². The molecular weight excluding hydrogens is 255 g/mol. The molecule has 0 saturated heterocycles. The molecule has 1 aliphatic rings. The standard InChI is InChI=1S/C9H12F3N3OS/c10-9(11,12)5-15(3-4-16)8-13-7(14-17-8)6-1-2-6/h6,16H,1-5H2. The summed E-state index contributed by atoms with van der Waals surface area (Å²) in [6.45, 7) is -1.53. The van der Waals surface area contributed by atoms with E-state index in [1.54, 1.807) is 0 Å². The first-order chi connectivity index (χ1) is 7.99. The van der Waals surface area contributed by atoms with Crippen LogP contribution in [0.2, 0.25) is 0 Å². The van der Waals surface area contributed by atoms with Crippen molar-refractivity contribution in [2.24, 2.45) is 0 Å². The van der Waals surface area contributed by atoms with Gasteiger partial charge >= 0.3 is 6.18 Å². The van der Waals surface area contributed by atoms with Gasteiger partial charge < -0.3 is 10.0 Å². The molecule has 1 saturated carbocycles. The summed E-state index contributed by atoms with van der Waals surface area (Å²) in [6, 6.07) is 0. The second kappa shape index (κ2) is 4.77. The van der Waals surface area contributed by atoms with E-state index in [0.717, 1.165) is 29.3 Å². The molecular formula is C9H12F3N3OS. The SMILES string of the molecule is OCCN(CC(F)(F)F)c1nc(C2CC2)ns1.